The van der Waals surface area contributed by atoms with Crippen LogP contribution in [0.1, 0.15) is 28.9 Å². The second-order valence-corrected chi connectivity index (χ2v) is 5.37. The predicted molar refractivity (Wildman–Crippen MR) is 84.7 cm³/mol. The first kappa shape index (κ1) is 13.8. The largest absolute Gasteiger partial charge is 0.350 e. The maximum Gasteiger partial charge on any atom is 0.273 e. The van der Waals surface area contributed by atoms with Gasteiger partial charge in [0.25, 0.3) is 5.91 Å². The molecule has 5 heteroatoms. The van der Waals surface area contributed by atoms with Gasteiger partial charge in [-0.25, -0.2) is 0 Å². The second-order valence-electron chi connectivity index (χ2n) is 5.37. The summed E-state index contributed by atoms with van der Waals surface area (Å²) in [6.07, 6.45) is 3.91. The minimum Gasteiger partial charge on any atom is -0.350 e. The van der Waals surface area contributed by atoms with Crippen molar-refractivity contribution in [1.29, 1.82) is 0 Å². The van der Waals surface area contributed by atoms with Crippen molar-refractivity contribution in [3.8, 4) is 0 Å². The number of aromatic amines is 1. The number of benzene rings is 1. The van der Waals surface area contributed by atoms with Gasteiger partial charge >= 0.3 is 0 Å². The molecule has 1 aliphatic heterocycles. The first-order valence-corrected chi connectivity index (χ1v) is 7.33. The lowest BCUT2D eigenvalue weighted by molar-refractivity contribution is 0.0972. The Bertz CT molecular complexity index is 668. The first-order valence-electron chi connectivity index (χ1n) is 7.33. The standard InChI is InChI=1S/C16H20N4O/c1-17-11-18-16(21)15-13(10-20-8-4-5-9-20)12-6-2-3-7-14(12)19-15/h2-3,6-7,11,19H,4-5,8-10H2,1H3,(H,17,18,21). The lowest BCUT2D eigenvalue weighted by Gasteiger charge is -2.15. The molecule has 1 aliphatic rings. The van der Waals surface area contributed by atoms with E-state index >= 15 is 0 Å². The zero-order chi connectivity index (χ0) is 14.7. The molecule has 0 unspecified atom stereocenters. The third-order valence-corrected chi connectivity index (χ3v) is 3.95. The van der Waals surface area contributed by atoms with Crippen molar-refractivity contribution >= 4 is 23.1 Å². The fourth-order valence-electron chi connectivity index (χ4n) is 2.92. The topological polar surface area (TPSA) is 60.5 Å². The smallest absolute Gasteiger partial charge is 0.273 e. The Morgan fingerprint density at radius 3 is 2.90 bits per heavy atom. The average molecular weight is 284 g/mol. The zero-order valence-electron chi connectivity index (χ0n) is 12.2. The van der Waals surface area contributed by atoms with Crippen LogP contribution < -0.4 is 5.32 Å². The maximum absolute atomic E-state index is 12.3. The zero-order valence-corrected chi connectivity index (χ0v) is 12.2. The molecular weight excluding hydrogens is 264 g/mol. The van der Waals surface area contributed by atoms with Gasteiger partial charge in [0.15, 0.2) is 0 Å². The molecule has 1 aromatic carbocycles. The van der Waals surface area contributed by atoms with E-state index in [0.29, 0.717) is 5.69 Å². The Kier molecular flexibility index (Phi) is 4.01. The molecule has 0 bridgehead atoms. The van der Waals surface area contributed by atoms with Crippen LogP contribution in [0.2, 0.25) is 0 Å². The molecule has 21 heavy (non-hydrogen) atoms. The van der Waals surface area contributed by atoms with E-state index < -0.39 is 0 Å². The van der Waals surface area contributed by atoms with Gasteiger partial charge in [0, 0.05) is 30.1 Å². The number of rotatable bonds is 4. The van der Waals surface area contributed by atoms with Gasteiger partial charge in [-0.15, -0.1) is 0 Å². The van der Waals surface area contributed by atoms with E-state index in [9.17, 15) is 4.79 Å². The Morgan fingerprint density at radius 1 is 1.38 bits per heavy atom. The van der Waals surface area contributed by atoms with Crippen LogP contribution in [0.25, 0.3) is 10.9 Å². The van der Waals surface area contributed by atoms with E-state index in [4.69, 9.17) is 0 Å². The summed E-state index contributed by atoms with van der Waals surface area (Å²) < 4.78 is 0. The SMILES string of the molecule is C/N=C\NC(=O)c1[nH]c2ccccc2c1CN1CCCC1. The Hall–Kier alpha value is -2.14. The summed E-state index contributed by atoms with van der Waals surface area (Å²) in [6, 6.07) is 8.07. The Morgan fingerprint density at radius 2 is 2.14 bits per heavy atom. The van der Waals surface area contributed by atoms with Crippen molar-refractivity contribution in [2.75, 3.05) is 20.1 Å². The molecule has 110 valence electrons. The number of carbonyl (C=O) groups excluding carboxylic acids is 1. The molecule has 1 amide bonds. The molecule has 2 heterocycles. The number of amides is 1. The highest BCUT2D eigenvalue weighted by atomic mass is 16.1. The summed E-state index contributed by atoms with van der Waals surface area (Å²) >= 11 is 0. The summed E-state index contributed by atoms with van der Waals surface area (Å²) in [5.41, 5.74) is 2.72. The number of H-pyrrole nitrogens is 1. The summed E-state index contributed by atoms with van der Waals surface area (Å²) in [4.78, 5) is 21.8. The molecule has 2 aromatic rings. The van der Waals surface area contributed by atoms with Crippen molar-refractivity contribution in [3.05, 3.63) is 35.5 Å². The molecule has 3 rings (SSSR count). The van der Waals surface area contributed by atoms with Crippen molar-refractivity contribution in [3.63, 3.8) is 0 Å². The van der Waals surface area contributed by atoms with Gasteiger partial charge in [0.2, 0.25) is 0 Å². The molecular formula is C16H20N4O. The van der Waals surface area contributed by atoms with E-state index in [0.717, 1.165) is 36.1 Å². The lowest BCUT2D eigenvalue weighted by Crippen LogP contribution is -2.25. The van der Waals surface area contributed by atoms with Crippen molar-refractivity contribution in [1.82, 2.24) is 15.2 Å². The van der Waals surface area contributed by atoms with Gasteiger partial charge in [-0.05, 0) is 32.0 Å². The van der Waals surface area contributed by atoms with Crippen LogP contribution >= 0.6 is 0 Å². The predicted octanol–water partition coefficient (Wildman–Crippen LogP) is 2.15. The summed E-state index contributed by atoms with van der Waals surface area (Å²) in [7, 11) is 1.64. The van der Waals surface area contributed by atoms with E-state index in [2.05, 4.69) is 26.3 Å². The second kappa shape index (κ2) is 6.10. The number of fused-ring (bicyclic) bond motifs is 1. The molecule has 0 saturated carbocycles. The number of carbonyl (C=O) groups is 1. The molecule has 1 saturated heterocycles. The number of hydrogen-bond donors (Lipinski definition) is 2. The molecule has 5 nitrogen and oxygen atoms in total. The van der Waals surface area contributed by atoms with Crippen LogP contribution in [0.4, 0.5) is 0 Å². The van der Waals surface area contributed by atoms with E-state index in [-0.39, 0.29) is 5.91 Å². The number of aliphatic imine (C=N–C) groups is 1. The van der Waals surface area contributed by atoms with Crippen LogP contribution in [-0.4, -0.2) is 42.3 Å². The van der Waals surface area contributed by atoms with E-state index in [1.165, 1.54) is 19.2 Å². The number of aromatic nitrogens is 1. The maximum atomic E-state index is 12.3. The van der Waals surface area contributed by atoms with Crippen LogP contribution in [0.3, 0.4) is 0 Å². The molecule has 1 aromatic heterocycles. The van der Waals surface area contributed by atoms with Crippen molar-refractivity contribution in [2.45, 2.75) is 19.4 Å². The average Bonchev–Trinajstić information content (AvgIpc) is 3.14. The normalized spacial score (nSPS) is 16.0. The minimum atomic E-state index is -0.133. The Labute approximate surface area is 124 Å². The number of nitrogens with zero attached hydrogens (tertiary/aromatic N) is 2. The summed E-state index contributed by atoms with van der Waals surface area (Å²) in [5.74, 6) is -0.133. The van der Waals surface area contributed by atoms with Gasteiger partial charge < -0.3 is 10.3 Å². The van der Waals surface area contributed by atoms with E-state index in [1.807, 2.05) is 18.2 Å². The van der Waals surface area contributed by atoms with Crippen molar-refractivity contribution in [2.24, 2.45) is 4.99 Å². The molecule has 0 radical (unpaired) electrons. The van der Waals surface area contributed by atoms with Gasteiger partial charge in [-0.2, -0.15) is 0 Å². The molecule has 0 atom stereocenters. The summed E-state index contributed by atoms with van der Waals surface area (Å²) in [5, 5.41) is 3.82. The molecule has 0 aliphatic carbocycles. The minimum absolute atomic E-state index is 0.133. The van der Waals surface area contributed by atoms with Crippen LogP contribution in [0.15, 0.2) is 29.3 Å². The van der Waals surface area contributed by atoms with Gasteiger partial charge in [-0.1, -0.05) is 18.2 Å². The van der Waals surface area contributed by atoms with Crippen molar-refractivity contribution < 1.29 is 4.79 Å². The Balaban J connectivity index is 1.98. The molecule has 0 spiro atoms. The highest BCUT2D eigenvalue weighted by Gasteiger charge is 2.20. The third-order valence-electron chi connectivity index (χ3n) is 3.95. The van der Waals surface area contributed by atoms with Crippen LogP contribution in [0.5, 0.6) is 0 Å². The van der Waals surface area contributed by atoms with E-state index in [1.54, 1.807) is 7.05 Å². The highest BCUT2D eigenvalue weighted by molar-refractivity contribution is 6.04. The number of hydrogen-bond acceptors (Lipinski definition) is 3. The highest BCUT2D eigenvalue weighted by Crippen LogP contribution is 2.25. The fraction of sp³-hybridized carbons (Fsp3) is 0.375. The fourth-order valence-corrected chi connectivity index (χ4v) is 2.92. The van der Waals surface area contributed by atoms with Crippen LogP contribution in [0, 0.1) is 0 Å². The number of likely N-dealkylation sites (tertiary alicyclic amines) is 1. The van der Waals surface area contributed by atoms with Gasteiger partial charge in [0.1, 0.15) is 5.69 Å². The first-order chi connectivity index (χ1) is 10.3. The van der Waals surface area contributed by atoms with Gasteiger partial charge in [-0.3, -0.25) is 14.7 Å². The third kappa shape index (κ3) is 2.83. The quantitative estimate of drug-likeness (QED) is 0.667. The monoisotopic (exact) mass is 284 g/mol. The van der Waals surface area contributed by atoms with Crippen LogP contribution in [-0.2, 0) is 6.54 Å². The molecule has 1 fully saturated rings. The number of nitrogens with one attached hydrogen (secondary N) is 2. The van der Waals surface area contributed by atoms with Gasteiger partial charge in [0.05, 0.1) is 6.34 Å². The molecule has 2 N–H and O–H groups in total. The lowest BCUT2D eigenvalue weighted by atomic mass is 10.1. The number of para-hydroxylation sites is 1. The summed E-state index contributed by atoms with van der Waals surface area (Å²) in [6.45, 7) is 3.03.